The van der Waals surface area contributed by atoms with Crippen molar-refractivity contribution in [3.63, 3.8) is 0 Å². The van der Waals surface area contributed by atoms with E-state index in [0.29, 0.717) is 6.42 Å². The van der Waals surface area contributed by atoms with Crippen molar-refractivity contribution in [2.75, 3.05) is 6.61 Å². The highest BCUT2D eigenvalue weighted by atomic mass is 16.2. The average molecular weight is 249 g/mol. The van der Waals surface area contributed by atoms with Crippen LogP contribution in [0.5, 0.6) is 0 Å². The van der Waals surface area contributed by atoms with Crippen LogP contribution >= 0.6 is 0 Å². The third kappa shape index (κ3) is 2.49. The van der Waals surface area contributed by atoms with Crippen LogP contribution < -0.4 is 0 Å². The second kappa shape index (κ2) is 5.21. The van der Waals surface area contributed by atoms with Gasteiger partial charge in [0.2, 0.25) is 0 Å². The van der Waals surface area contributed by atoms with Gasteiger partial charge in [0, 0.05) is 17.6 Å². The molecule has 0 amide bonds. The van der Waals surface area contributed by atoms with E-state index in [1.54, 1.807) is 0 Å². The molecule has 0 aliphatic rings. The lowest BCUT2D eigenvalue weighted by Crippen LogP contribution is -1.91. The van der Waals surface area contributed by atoms with E-state index in [1.165, 1.54) is 0 Å². The lowest BCUT2D eigenvalue weighted by molar-refractivity contribution is 0.299. The molecule has 19 heavy (non-hydrogen) atoms. The van der Waals surface area contributed by atoms with Crippen molar-refractivity contribution in [3.05, 3.63) is 66.2 Å². The third-order valence-electron chi connectivity index (χ3n) is 3.23. The van der Waals surface area contributed by atoms with Crippen LogP contribution in [0.1, 0.15) is 5.56 Å². The smallest absolute Gasteiger partial charge is 0.0712 e. The van der Waals surface area contributed by atoms with Gasteiger partial charge in [-0.15, -0.1) is 0 Å². The fraction of sp³-hybridized carbons (Fsp3) is 0.118. The fourth-order valence-electron chi connectivity index (χ4n) is 2.22. The molecule has 0 radical (unpaired) electrons. The van der Waals surface area contributed by atoms with Crippen LogP contribution in [0.25, 0.3) is 22.2 Å². The fourth-order valence-corrected chi connectivity index (χ4v) is 2.22. The van der Waals surface area contributed by atoms with Crippen molar-refractivity contribution in [2.24, 2.45) is 0 Å². The normalized spacial score (nSPS) is 10.8. The van der Waals surface area contributed by atoms with Gasteiger partial charge in [-0.05, 0) is 24.1 Å². The quantitative estimate of drug-likeness (QED) is 0.771. The monoisotopic (exact) mass is 249 g/mol. The first kappa shape index (κ1) is 11.9. The minimum Gasteiger partial charge on any atom is -0.396 e. The Labute approximate surface area is 112 Å². The predicted molar refractivity (Wildman–Crippen MR) is 78.0 cm³/mol. The molecule has 3 aromatic rings. The van der Waals surface area contributed by atoms with Crippen LogP contribution in [0.3, 0.4) is 0 Å². The standard InChI is InChI=1S/C17H15NO/c19-11-10-13-6-7-15-8-9-16(18-17(15)12-13)14-4-2-1-3-5-14/h1-9,12,19H,10-11H2. The van der Waals surface area contributed by atoms with Gasteiger partial charge < -0.3 is 5.11 Å². The molecule has 94 valence electrons. The van der Waals surface area contributed by atoms with Crippen molar-refractivity contribution < 1.29 is 5.11 Å². The molecule has 1 N–H and O–H groups in total. The molecule has 1 heterocycles. The van der Waals surface area contributed by atoms with Gasteiger partial charge in [0.1, 0.15) is 0 Å². The summed E-state index contributed by atoms with van der Waals surface area (Å²) in [7, 11) is 0. The number of hydrogen-bond acceptors (Lipinski definition) is 2. The number of hydrogen-bond donors (Lipinski definition) is 1. The SMILES string of the molecule is OCCc1ccc2ccc(-c3ccccc3)nc2c1. The molecule has 0 unspecified atom stereocenters. The number of fused-ring (bicyclic) bond motifs is 1. The summed E-state index contributed by atoms with van der Waals surface area (Å²) in [5.41, 5.74) is 4.20. The van der Waals surface area contributed by atoms with Gasteiger partial charge in [-0.25, -0.2) is 4.98 Å². The first-order chi connectivity index (χ1) is 9.36. The van der Waals surface area contributed by atoms with E-state index in [9.17, 15) is 0 Å². The summed E-state index contributed by atoms with van der Waals surface area (Å²) in [6.07, 6.45) is 0.674. The lowest BCUT2D eigenvalue weighted by atomic mass is 10.1. The summed E-state index contributed by atoms with van der Waals surface area (Å²) >= 11 is 0. The number of benzene rings is 2. The Morgan fingerprint density at radius 1 is 0.895 bits per heavy atom. The summed E-state index contributed by atoms with van der Waals surface area (Å²) < 4.78 is 0. The molecule has 0 saturated heterocycles. The highest BCUT2D eigenvalue weighted by molar-refractivity contribution is 5.82. The molecular formula is C17H15NO. The Morgan fingerprint density at radius 2 is 1.68 bits per heavy atom. The largest absolute Gasteiger partial charge is 0.396 e. The number of pyridine rings is 1. The van der Waals surface area contributed by atoms with Crippen LogP contribution in [-0.4, -0.2) is 16.7 Å². The highest BCUT2D eigenvalue weighted by Gasteiger charge is 2.02. The molecule has 0 fully saturated rings. The molecular weight excluding hydrogens is 234 g/mol. The molecule has 1 aromatic heterocycles. The zero-order valence-electron chi connectivity index (χ0n) is 10.6. The Bertz CT molecular complexity index is 692. The molecule has 0 spiro atoms. The summed E-state index contributed by atoms with van der Waals surface area (Å²) in [5.74, 6) is 0. The van der Waals surface area contributed by atoms with Crippen molar-refractivity contribution in [3.8, 4) is 11.3 Å². The van der Waals surface area contributed by atoms with Gasteiger partial charge in [0.15, 0.2) is 0 Å². The Balaban J connectivity index is 2.08. The first-order valence-corrected chi connectivity index (χ1v) is 6.43. The van der Waals surface area contributed by atoms with Gasteiger partial charge in [0.05, 0.1) is 11.2 Å². The summed E-state index contributed by atoms with van der Waals surface area (Å²) in [5, 5.41) is 10.1. The molecule has 2 heteroatoms. The molecule has 3 rings (SSSR count). The van der Waals surface area contributed by atoms with E-state index in [2.05, 4.69) is 30.3 Å². The minimum absolute atomic E-state index is 0.171. The average Bonchev–Trinajstić information content (AvgIpc) is 2.48. The summed E-state index contributed by atoms with van der Waals surface area (Å²) in [4.78, 5) is 4.71. The van der Waals surface area contributed by atoms with Gasteiger partial charge >= 0.3 is 0 Å². The molecule has 0 saturated carbocycles. The minimum atomic E-state index is 0.171. The van der Waals surface area contributed by atoms with Crippen LogP contribution in [0.4, 0.5) is 0 Å². The molecule has 0 bridgehead atoms. The number of rotatable bonds is 3. The maximum atomic E-state index is 9.00. The van der Waals surface area contributed by atoms with Crippen LogP contribution in [0, 0.1) is 0 Å². The number of nitrogens with zero attached hydrogens (tertiary/aromatic N) is 1. The maximum absolute atomic E-state index is 9.00. The molecule has 0 aliphatic carbocycles. The first-order valence-electron chi connectivity index (χ1n) is 6.43. The van der Waals surface area contributed by atoms with E-state index >= 15 is 0 Å². The van der Waals surface area contributed by atoms with E-state index < -0.39 is 0 Å². The molecule has 2 aromatic carbocycles. The number of aliphatic hydroxyl groups excluding tert-OH is 1. The zero-order valence-corrected chi connectivity index (χ0v) is 10.6. The van der Waals surface area contributed by atoms with Gasteiger partial charge in [0.25, 0.3) is 0 Å². The second-order valence-electron chi connectivity index (χ2n) is 4.56. The third-order valence-corrected chi connectivity index (χ3v) is 3.23. The Kier molecular flexibility index (Phi) is 3.25. The summed E-state index contributed by atoms with van der Waals surface area (Å²) in [6, 6.07) is 20.5. The van der Waals surface area contributed by atoms with Crippen molar-refractivity contribution in [1.29, 1.82) is 0 Å². The number of aromatic nitrogens is 1. The van der Waals surface area contributed by atoms with Crippen LogP contribution in [-0.2, 0) is 6.42 Å². The van der Waals surface area contributed by atoms with Crippen LogP contribution in [0.15, 0.2) is 60.7 Å². The van der Waals surface area contributed by atoms with E-state index in [-0.39, 0.29) is 6.61 Å². The lowest BCUT2D eigenvalue weighted by Gasteiger charge is -2.05. The Morgan fingerprint density at radius 3 is 2.47 bits per heavy atom. The number of aliphatic hydroxyl groups is 1. The zero-order chi connectivity index (χ0) is 13.1. The Hall–Kier alpha value is -2.19. The van der Waals surface area contributed by atoms with Gasteiger partial charge in [-0.1, -0.05) is 48.5 Å². The van der Waals surface area contributed by atoms with Crippen LogP contribution in [0.2, 0.25) is 0 Å². The van der Waals surface area contributed by atoms with Crippen molar-refractivity contribution in [1.82, 2.24) is 4.98 Å². The molecule has 0 atom stereocenters. The van der Waals surface area contributed by atoms with Gasteiger partial charge in [-0.3, -0.25) is 0 Å². The maximum Gasteiger partial charge on any atom is 0.0712 e. The second-order valence-corrected chi connectivity index (χ2v) is 4.56. The van der Waals surface area contributed by atoms with Gasteiger partial charge in [-0.2, -0.15) is 0 Å². The molecule has 2 nitrogen and oxygen atoms in total. The molecule has 0 aliphatic heterocycles. The summed E-state index contributed by atoms with van der Waals surface area (Å²) in [6.45, 7) is 0.171. The van der Waals surface area contributed by atoms with E-state index in [4.69, 9.17) is 10.1 Å². The van der Waals surface area contributed by atoms with E-state index in [0.717, 1.165) is 27.7 Å². The topological polar surface area (TPSA) is 33.1 Å². The highest BCUT2D eigenvalue weighted by Crippen LogP contribution is 2.21. The van der Waals surface area contributed by atoms with E-state index in [1.807, 2.05) is 30.3 Å². The van der Waals surface area contributed by atoms with Crippen molar-refractivity contribution >= 4 is 10.9 Å². The predicted octanol–water partition coefficient (Wildman–Crippen LogP) is 3.44. The van der Waals surface area contributed by atoms with Crippen molar-refractivity contribution in [2.45, 2.75) is 6.42 Å².